The van der Waals surface area contributed by atoms with E-state index < -0.39 is 12.0 Å². The van der Waals surface area contributed by atoms with Crippen molar-refractivity contribution in [2.45, 2.75) is 32.4 Å². The Morgan fingerprint density at radius 2 is 1.69 bits per heavy atom. The van der Waals surface area contributed by atoms with E-state index in [9.17, 15) is 14.7 Å². The van der Waals surface area contributed by atoms with E-state index in [1.165, 1.54) is 5.56 Å². The van der Waals surface area contributed by atoms with Gasteiger partial charge in [0.1, 0.15) is 6.04 Å². The number of benzene rings is 3. The first kappa shape index (κ1) is 28.7. The fraction of sp³-hybridized carbons (Fsp3) is 0.286. The molecular formula is C28H32LiNO4S. The van der Waals surface area contributed by atoms with Crippen LogP contribution >= 0.6 is 11.8 Å². The molecular weight excluding hydrogens is 453 g/mol. The summed E-state index contributed by atoms with van der Waals surface area (Å²) in [6.07, 6.45) is 3.12. The van der Waals surface area contributed by atoms with Crippen molar-refractivity contribution in [1.82, 2.24) is 5.32 Å². The molecule has 0 radical (unpaired) electrons. The minimum absolute atomic E-state index is 0. The van der Waals surface area contributed by atoms with Gasteiger partial charge in [-0.15, -0.1) is 0 Å². The van der Waals surface area contributed by atoms with Crippen LogP contribution in [-0.2, 0) is 22.6 Å². The second kappa shape index (κ2) is 14.8. The number of carboxylic acid groups (broad SMARTS) is 1. The third-order valence-corrected chi connectivity index (χ3v) is 6.27. The van der Waals surface area contributed by atoms with Gasteiger partial charge in [0.25, 0.3) is 5.91 Å². The molecule has 3 rings (SSSR count). The Morgan fingerprint density at radius 1 is 0.971 bits per heavy atom. The molecule has 5 nitrogen and oxygen atoms in total. The summed E-state index contributed by atoms with van der Waals surface area (Å²) in [6, 6.07) is 22.7. The molecule has 2 N–H and O–H groups in total. The summed E-state index contributed by atoms with van der Waals surface area (Å²) in [5.74, 6) is -0.757. The van der Waals surface area contributed by atoms with E-state index >= 15 is 0 Å². The topological polar surface area (TPSA) is 75.6 Å². The zero-order valence-corrected chi connectivity index (χ0v) is 20.4. The van der Waals surface area contributed by atoms with Crippen LogP contribution in [0.25, 0.3) is 11.1 Å². The molecule has 1 amide bonds. The van der Waals surface area contributed by atoms with Gasteiger partial charge in [0, 0.05) is 5.56 Å². The molecule has 0 heterocycles. The van der Waals surface area contributed by atoms with Gasteiger partial charge in [-0.1, -0.05) is 60.7 Å². The summed E-state index contributed by atoms with van der Waals surface area (Å²) in [5, 5.41) is 12.2. The van der Waals surface area contributed by atoms with Crippen molar-refractivity contribution in [3.63, 3.8) is 0 Å². The molecule has 0 aromatic heterocycles. The molecule has 7 heteroatoms. The van der Waals surface area contributed by atoms with E-state index in [4.69, 9.17) is 4.74 Å². The van der Waals surface area contributed by atoms with Crippen LogP contribution in [0.4, 0.5) is 0 Å². The van der Waals surface area contributed by atoms with E-state index in [1.807, 2.05) is 67.8 Å². The number of hydrogen-bond acceptors (Lipinski definition) is 4. The molecule has 180 valence electrons. The van der Waals surface area contributed by atoms with Gasteiger partial charge in [0.05, 0.1) is 13.2 Å². The van der Waals surface area contributed by atoms with Crippen molar-refractivity contribution < 1.29 is 19.4 Å². The van der Waals surface area contributed by atoms with E-state index in [-0.39, 0.29) is 24.8 Å². The van der Waals surface area contributed by atoms with Crippen molar-refractivity contribution in [3.8, 4) is 11.1 Å². The van der Waals surface area contributed by atoms with Crippen LogP contribution in [0.3, 0.4) is 0 Å². The van der Waals surface area contributed by atoms with Crippen molar-refractivity contribution >= 4 is 42.5 Å². The monoisotopic (exact) mass is 485 g/mol. The quantitative estimate of drug-likeness (QED) is 0.287. The van der Waals surface area contributed by atoms with Crippen molar-refractivity contribution in [2.75, 3.05) is 18.6 Å². The Labute approximate surface area is 223 Å². The number of amides is 1. The van der Waals surface area contributed by atoms with Crippen LogP contribution in [0.5, 0.6) is 0 Å². The number of carboxylic acids is 1. The summed E-state index contributed by atoms with van der Waals surface area (Å²) in [4.78, 5) is 24.8. The van der Waals surface area contributed by atoms with E-state index in [1.54, 1.807) is 17.8 Å². The van der Waals surface area contributed by atoms with Gasteiger partial charge in [-0.3, -0.25) is 4.79 Å². The van der Waals surface area contributed by atoms with E-state index in [2.05, 4.69) is 17.4 Å². The number of carbonyl (C=O) groups excluding carboxylic acids is 1. The molecule has 1 atom stereocenters. The molecule has 0 fully saturated rings. The predicted molar refractivity (Wildman–Crippen MR) is 145 cm³/mol. The molecule has 0 aliphatic heterocycles. The Hall–Kier alpha value is -2.49. The molecule has 0 saturated carbocycles. The normalized spacial score (nSPS) is 11.4. The average molecular weight is 486 g/mol. The third kappa shape index (κ3) is 8.59. The van der Waals surface area contributed by atoms with Gasteiger partial charge in [-0.05, 0) is 71.7 Å². The van der Waals surface area contributed by atoms with Crippen LogP contribution in [0.2, 0.25) is 0 Å². The Kier molecular flexibility index (Phi) is 12.2. The van der Waals surface area contributed by atoms with Crippen molar-refractivity contribution in [3.05, 3.63) is 95.1 Å². The number of ether oxygens (including phenoxy) is 1. The maximum absolute atomic E-state index is 13.1. The number of rotatable bonds is 12. The standard InChI is InChI=1S/C28H31NO4S.Li.H/c1-20-8-6-7-11-23(20)25-18-22(19-33-16-14-21-9-4-3-5-10-21)12-13-24(25)27(30)29-26(28(31)32)15-17-34-2;;/h3-13,18,26H,14-17,19H2,1-2H3,(H,29,30)(H,31,32);;/t26-;;/m0../s1. The molecule has 0 saturated heterocycles. The van der Waals surface area contributed by atoms with E-state index in [0.29, 0.717) is 31.0 Å². The molecule has 0 spiro atoms. The summed E-state index contributed by atoms with van der Waals surface area (Å²) in [5.41, 5.74) is 5.39. The van der Waals surface area contributed by atoms with Crippen LogP contribution < -0.4 is 5.32 Å². The molecule has 0 aliphatic carbocycles. The predicted octanol–water partition coefficient (Wildman–Crippen LogP) is 4.71. The number of aryl methyl sites for hydroxylation is 1. The van der Waals surface area contributed by atoms with E-state index in [0.717, 1.165) is 28.7 Å². The van der Waals surface area contributed by atoms with Crippen LogP contribution in [0.1, 0.15) is 33.5 Å². The SMILES string of the molecule is CSCC[C@H](NC(=O)c1ccc(COCCc2ccccc2)cc1-c1ccccc1C)C(=O)O.[LiH]. The van der Waals surface area contributed by atoms with Crippen LogP contribution in [0, 0.1) is 6.92 Å². The summed E-state index contributed by atoms with van der Waals surface area (Å²) < 4.78 is 5.90. The molecule has 0 unspecified atom stereocenters. The van der Waals surface area contributed by atoms with Crippen LogP contribution in [0.15, 0.2) is 72.8 Å². The zero-order chi connectivity index (χ0) is 24.3. The zero-order valence-electron chi connectivity index (χ0n) is 19.6. The Balaban J connectivity index is 0.00000432. The first-order valence-corrected chi connectivity index (χ1v) is 12.7. The number of hydrogen-bond donors (Lipinski definition) is 2. The molecule has 3 aromatic rings. The Bertz CT molecular complexity index is 1110. The van der Waals surface area contributed by atoms with Gasteiger partial charge in [0.15, 0.2) is 0 Å². The van der Waals surface area contributed by atoms with Gasteiger partial charge in [-0.2, -0.15) is 11.8 Å². The first-order chi connectivity index (χ1) is 16.5. The summed E-state index contributed by atoms with van der Waals surface area (Å²) >= 11 is 1.55. The van der Waals surface area contributed by atoms with Crippen LogP contribution in [-0.4, -0.2) is 60.5 Å². The van der Waals surface area contributed by atoms with Crippen molar-refractivity contribution in [2.24, 2.45) is 0 Å². The second-order valence-electron chi connectivity index (χ2n) is 8.13. The number of aliphatic carboxylic acids is 1. The molecule has 3 aromatic carbocycles. The fourth-order valence-corrected chi connectivity index (χ4v) is 4.20. The first-order valence-electron chi connectivity index (χ1n) is 11.3. The third-order valence-electron chi connectivity index (χ3n) is 5.62. The van der Waals surface area contributed by atoms with Gasteiger partial charge in [-0.25, -0.2) is 4.79 Å². The van der Waals surface area contributed by atoms with Gasteiger partial charge >= 0.3 is 24.8 Å². The average Bonchev–Trinajstić information content (AvgIpc) is 2.85. The van der Waals surface area contributed by atoms with Gasteiger partial charge in [0.2, 0.25) is 0 Å². The molecule has 35 heavy (non-hydrogen) atoms. The molecule has 0 bridgehead atoms. The summed E-state index contributed by atoms with van der Waals surface area (Å²) in [6.45, 7) is 3.03. The number of nitrogens with one attached hydrogen (secondary N) is 1. The van der Waals surface area contributed by atoms with Crippen molar-refractivity contribution in [1.29, 1.82) is 0 Å². The Morgan fingerprint density at radius 3 is 2.37 bits per heavy atom. The summed E-state index contributed by atoms with van der Waals surface area (Å²) in [7, 11) is 0. The molecule has 0 aliphatic rings. The van der Waals surface area contributed by atoms with Gasteiger partial charge < -0.3 is 15.2 Å². The number of carbonyl (C=O) groups is 2. The maximum atomic E-state index is 13.1. The fourth-order valence-electron chi connectivity index (χ4n) is 3.73. The second-order valence-corrected chi connectivity index (χ2v) is 9.11. The number of thioether (sulfide) groups is 1. The minimum atomic E-state index is -1.02.